The lowest BCUT2D eigenvalue weighted by Gasteiger charge is -2.31. The Hall–Kier alpha value is -0.550. The maximum atomic E-state index is 4.33. The summed E-state index contributed by atoms with van der Waals surface area (Å²) in [5.74, 6) is 1.88. The fourth-order valence-electron chi connectivity index (χ4n) is 2.11. The number of hydrogen-bond acceptors (Lipinski definition) is 2. The second-order valence-corrected chi connectivity index (χ2v) is 5.49. The van der Waals surface area contributed by atoms with Crippen molar-refractivity contribution in [1.82, 2.24) is 10.2 Å². The molecule has 0 aliphatic heterocycles. The summed E-state index contributed by atoms with van der Waals surface area (Å²) in [4.78, 5) is 6.58. The monoisotopic (exact) mass is 331 g/mol. The molecule has 0 radical (unpaired) electrons. The highest BCUT2D eigenvalue weighted by atomic mass is 79.9. The zero-order chi connectivity index (χ0) is 12.1. The zero-order valence-corrected chi connectivity index (χ0v) is 13.6. The molecule has 1 fully saturated rings. The molecule has 0 aromatic carbocycles. The minimum atomic E-state index is 0. The topological polar surface area (TPSA) is 27.6 Å². The van der Waals surface area contributed by atoms with Crippen molar-refractivity contribution in [3.63, 3.8) is 0 Å². The van der Waals surface area contributed by atoms with Crippen molar-refractivity contribution >= 4 is 34.3 Å². The van der Waals surface area contributed by atoms with Crippen LogP contribution in [0.5, 0.6) is 0 Å². The molecule has 1 aromatic heterocycles. The van der Waals surface area contributed by atoms with E-state index in [0.29, 0.717) is 0 Å². The summed E-state index contributed by atoms with van der Waals surface area (Å²) >= 11 is 1.74. The van der Waals surface area contributed by atoms with Gasteiger partial charge >= 0.3 is 0 Å². The lowest BCUT2D eigenvalue weighted by atomic mass is 9.85. The lowest BCUT2D eigenvalue weighted by molar-refractivity contribution is 0.255. The van der Waals surface area contributed by atoms with Crippen LogP contribution in [0.3, 0.4) is 0 Å². The van der Waals surface area contributed by atoms with Crippen LogP contribution >= 0.6 is 28.3 Å². The number of nitrogens with zero attached hydrogens (tertiary/aromatic N) is 2. The van der Waals surface area contributed by atoms with Crippen LogP contribution in [0, 0.1) is 5.92 Å². The highest BCUT2D eigenvalue weighted by Crippen LogP contribution is 2.26. The predicted octanol–water partition coefficient (Wildman–Crippen LogP) is 3.13. The van der Waals surface area contributed by atoms with E-state index in [4.69, 9.17) is 0 Å². The number of nitrogens with one attached hydrogen (secondary N) is 1. The molecule has 1 aromatic rings. The van der Waals surface area contributed by atoms with Gasteiger partial charge in [-0.15, -0.1) is 17.0 Å². The number of hydrogen-bond donors (Lipinski definition) is 1. The molecule has 102 valence electrons. The van der Waals surface area contributed by atoms with Crippen LogP contribution < -0.4 is 5.32 Å². The Morgan fingerprint density at radius 3 is 2.83 bits per heavy atom. The van der Waals surface area contributed by atoms with Gasteiger partial charge < -0.3 is 10.2 Å². The van der Waals surface area contributed by atoms with E-state index in [9.17, 15) is 0 Å². The summed E-state index contributed by atoms with van der Waals surface area (Å²) in [5.41, 5.74) is 1.33. The van der Waals surface area contributed by atoms with E-state index in [1.165, 1.54) is 24.8 Å². The maximum absolute atomic E-state index is 4.33. The molecule has 0 unspecified atom stereocenters. The molecule has 1 aliphatic rings. The van der Waals surface area contributed by atoms with Gasteiger partial charge in [0.15, 0.2) is 5.96 Å². The number of rotatable bonds is 4. The van der Waals surface area contributed by atoms with Crippen molar-refractivity contribution in [2.75, 3.05) is 20.6 Å². The normalized spacial score (nSPS) is 15.8. The second kappa shape index (κ2) is 7.79. The maximum Gasteiger partial charge on any atom is 0.193 e. The van der Waals surface area contributed by atoms with Crippen molar-refractivity contribution in [3.05, 3.63) is 22.4 Å². The smallest absolute Gasteiger partial charge is 0.193 e. The van der Waals surface area contributed by atoms with Gasteiger partial charge in [0.25, 0.3) is 0 Å². The van der Waals surface area contributed by atoms with Crippen molar-refractivity contribution in [2.45, 2.75) is 25.8 Å². The minimum absolute atomic E-state index is 0. The van der Waals surface area contributed by atoms with E-state index in [-0.39, 0.29) is 17.0 Å². The standard InChI is InChI=1S/C13H21N3S.BrH/c1-14-13(15-8-12-6-7-17-10-12)16(2)9-11-4-3-5-11;/h6-7,10-11H,3-5,8-9H2,1-2H3,(H,14,15);1H. The van der Waals surface area contributed by atoms with Gasteiger partial charge in [-0.05, 0) is 41.1 Å². The Morgan fingerprint density at radius 1 is 1.56 bits per heavy atom. The third kappa shape index (κ3) is 4.28. The first-order valence-corrected chi connectivity index (χ1v) is 7.16. The molecule has 18 heavy (non-hydrogen) atoms. The van der Waals surface area contributed by atoms with Gasteiger partial charge in [-0.1, -0.05) is 6.42 Å². The summed E-state index contributed by atoms with van der Waals surface area (Å²) < 4.78 is 0. The fourth-order valence-corrected chi connectivity index (χ4v) is 2.78. The molecule has 1 saturated carbocycles. The molecule has 1 N–H and O–H groups in total. The molecule has 3 nitrogen and oxygen atoms in total. The first-order valence-electron chi connectivity index (χ1n) is 6.22. The van der Waals surface area contributed by atoms with Gasteiger partial charge in [-0.25, -0.2) is 0 Å². The first kappa shape index (κ1) is 15.5. The van der Waals surface area contributed by atoms with Crippen LogP contribution in [0.25, 0.3) is 0 Å². The van der Waals surface area contributed by atoms with Gasteiger partial charge in [0.05, 0.1) is 0 Å². The Kier molecular flexibility index (Phi) is 6.71. The zero-order valence-electron chi connectivity index (χ0n) is 11.1. The molecular weight excluding hydrogens is 310 g/mol. The number of thiophene rings is 1. The van der Waals surface area contributed by atoms with Crippen molar-refractivity contribution in [3.8, 4) is 0 Å². The number of halogens is 1. The minimum Gasteiger partial charge on any atom is -0.352 e. The third-order valence-corrected chi connectivity index (χ3v) is 4.09. The summed E-state index contributed by atoms with van der Waals surface area (Å²) in [6.07, 6.45) is 4.16. The van der Waals surface area contributed by atoms with Crippen LogP contribution in [0.1, 0.15) is 24.8 Å². The van der Waals surface area contributed by atoms with Gasteiger partial charge in [0.2, 0.25) is 0 Å². The Bertz CT molecular complexity index is 360. The Balaban J connectivity index is 0.00000162. The van der Waals surface area contributed by atoms with E-state index in [1.807, 2.05) is 7.05 Å². The first-order chi connectivity index (χ1) is 8.29. The number of aliphatic imine (C=N–C) groups is 1. The Labute approximate surface area is 124 Å². The quantitative estimate of drug-likeness (QED) is 0.678. The predicted molar refractivity (Wildman–Crippen MR) is 84.8 cm³/mol. The highest BCUT2D eigenvalue weighted by Gasteiger charge is 2.20. The molecule has 1 heterocycles. The van der Waals surface area contributed by atoms with Gasteiger partial charge in [0.1, 0.15) is 0 Å². The highest BCUT2D eigenvalue weighted by molar-refractivity contribution is 8.93. The SMILES string of the molecule is Br.CN=C(NCc1ccsc1)N(C)CC1CCC1. The van der Waals surface area contributed by atoms with E-state index in [1.54, 1.807) is 11.3 Å². The fraction of sp³-hybridized carbons (Fsp3) is 0.615. The van der Waals surface area contributed by atoms with E-state index < -0.39 is 0 Å². The Morgan fingerprint density at radius 2 is 2.33 bits per heavy atom. The molecule has 0 amide bonds. The van der Waals surface area contributed by atoms with Gasteiger partial charge in [-0.2, -0.15) is 11.3 Å². The summed E-state index contributed by atoms with van der Waals surface area (Å²) in [5, 5.41) is 7.69. The second-order valence-electron chi connectivity index (χ2n) is 4.71. The van der Waals surface area contributed by atoms with Crippen LogP contribution in [0.15, 0.2) is 21.8 Å². The van der Waals surface area contributed by atoms with Crippen LogP contribution in [-0.2, 0) is 6.54 Å². The molecular formula is C13H22BrN3S. The molecule has 0 spiro atoms. The van der Waals surface area contributed by atoms with Crippen molar-refractivity contribution in [2.24, 2.45) is 10.9 Å². The molecule has 0 saturated heterocycles. The molecule has 2 rings (SSSR count). The van der Waals surface area contributed by atoms with Gasteiger partial charge in [-0.3, -0.25) is 4.99 Å². The third-order valence-electron chi connectivity index (χ3n) is 3.36. The van der Waals surface area contributed by atoms with Crippen LogP contribution in [0.2, 0.25) is 0 Å². The van der Waals surface area contributed by atoms with Crippen molar-refractivity contribution < 1.29 is 0 Å². The van der Waals surface area contributed by atoms with E-state index >= 15 is 0 Å². The average Bonchev–Trinajstić information content (AvgIpc) is 2.77. The van der Waals surface area contributed by atoms with Crippen molar-refractivity contribution in [1.29, 1.82) is 0 Å². The van der Waals surface area contributed by atoms with Crippen LogP contribution in [0.4, 0.5) is 0 Å². The average molecular weight is 332 g/mol. The largest absolute Gasteiger partial charge is 0.352 e. The molecule has 0 bridgehead atoms. The summed E-state index contributed by atoms with van der Waals surface area (Å²) in [6, 6.07) is 2.15. The molecule has 5 heteroatoms. The van der Waals surface area contributed by atoms with Gasteiger partial charge in [0, 0.05) is 27.2 Å². The number of guanidine groups is 1. The molecule has 1 aliphatic carbocycles. The van der Waals surface area contributed by atoms with E-state index in [0.717, 1.165) is 25.0 Å². The molecule has 0 atom stereocenters. The summed E-state index contributed by atoms with van der Waals surface area (Å²) in [6.45, 7) is 1.99. The lowest BCUT2D eigenvalue weighted by Crippen LogP contribution is -2.42. The van der Waals surface area contributed by atoms with E-state index in [2.05, 4.69) is 39.1 Å². The summed E-state index contributed by atoms with van der Waals surface area (Å²) in [7, 11) is 3.98. The van der Waals surface area contributed by atoms with Crippen LogP contribution in [-0.4, -0.2) is 31.5 Å².